The molecule has 4 nitrogen and oxygen atoms in total. The Hall–Kier alpha value is -2.28. The van der Waals surface area contributed by atoms with Gasteiger partial charge < -0.3 is 10.4 Å². The first kappa shape index (κ1) is 15.1. The zero-order valence-corrected chi connectivity index (χ0v) is 11.9. The van der Waals surface area contributed by atoms with Gasteiger partial charge in [0.2, 0.25) is 0 Å². The molecule has 0 bridgehead atoms. The summed E-state index contributed by atoms with van der Waals surface area (Å²) >= 11 is 3.17. The number of rotatable bonds is 3. The fourth-order valence-electron chi connectivity index (χ4n) is 1.66. The first-order valence-electron chi connectivity index (χ1n) is 5.68. The van der Waals surface area contributed by atoms with Crippen molar-refractivity contribution in [3.05, 3.63) is 63.6 Å². The van der Waals surface area contributed by atoms with E-state index in [9.17, 15) is 18.4 Å². The van der Waals surface area contributed by atoms with Gasteiger partial charge in [0.05, 0.1) is 16.8 Å². The normalized spacial score (nSPS) is 10.2. The summed E-state index contributed by atoms with van der Waals surface area (Å²) in [4.78, 5) is 23.1. The fourth-order valence-corrected chi connectivity index (χ4v) is 2.13. The molecule has 21 heavy (non-hydrogen) atoms. The summed E-state index contributed by atoms with van der Waals surface area (Å²) in [7, 11) is 0. The minimum absolute atomic E-state index is 0.235. The Kier molecular flexibility index (Phi) is 4.32. The third kappa shape index (κ3) is 3.25. The highest BCUT2D eigenvalue weighted by Crippen LogP contribution is 2.23. The van der Waals surface area contributed by atoms with Crippen LogP contribution in [0.3, 0.4) is 0 Å². The molecule has 0 saturated heterocycles. The number of hydrogen-bond donors (Lipinski definition) is 2. The predicted octanol–water partition coefficient (Wildman–Crippen LogP) is 3.68. The van der Waals surface area contributed by atoms with Gasteiger partial charge in [-0.15, -0.1) is 0 Å². The number of hydrogen-bond acceptors (Lipinski definition) is 2. The van der Waals surface area contributed by atoms with Crippen molar-refractivity contribution < 1.29 is 23.5 Å². The highest BCUT2D eigenvalue weighted by atomic mass is 79.9. The number of anilines is 1. The van der Waals surface area contributed by atoms with E-state index in [0.29, 0.717) is 16.6 Å². The molecule has 2 aromatic carbocycles. The summed E-state index contributed by atoms with van der Waals surface area (Å²) < 4.78 is 26.8. The average Bonchev–Trinajstić information content (AvgIpc) is 2.42. The molecule has 0 aromatic heterocycles. The lowest BCUT2D eigenvalue weighted by Gasteiger charge is -2.10. The van der Waals surface area contributed by atoms with E-state index in [-0.39, 0.29) is 11.3 Å². The maximum atomic E-state index is 13.2. The summed E-state index contributed by atoms with van der Waals surface area (Å²) in [5.41, 5.74) is -0.616. The molecule has 0 unspecified atom stereocenters. The van der Waals surface area contributed by atoms with Gasteiger partial charge in [0.25, 0.3) is 5.91 Å². The Morgan fingerprint density at radius 3 is 2.29 bits per heavy atom. The van der Waals surface area contributed by atoms with Gasteiger partial charge in [-0.2, -0.15) is 0 Å². The molecule has 2 N–H and O–H groups in total. The van der Waals surface area contributed by atoms with Crippen molar-refractivity contribution in [2.24, 2.45) is 0 Å². The Morgan fingerprint density at radius 1 is 1.05 bits per heavy atom. The van der Waals surface area contributed by atoms with Gasteiger partial charge >= 0.3 is 5.97 Å². The van der Waals surface area contributed by atoms with E-state index in [1.54, 1.807) is 18.2 Å². The van der Waals surface area contributed by atoms with Crippen LogP contribution in [0, 0.1) is 11.6 Å². The van der Waals surface area contributed by atoms with Gasteiger partial charge in [-0.3, -0.25) is 4.79 Å². The molecule has 0 aliphatic heterocycles. The maximum Gasteiger partial charge on any atom is 0.337 e. The summed E-state index contributed by atoms with van der Waals surface area (Å²) in [6, 6.07) is 7.59. The molecule has 2 rings (SSSR count). The number of carboxylic acid groups (broad SMARTS) is 1. The van der Waals surface area contributed by atoms with Crippen LogP contribution in [0.5, 0.6) is 0 Å². The molecule has 0 fully saturated rings. The van der Waals surface area contributed by atoms with Crippen LogP contribution in [0.4, 0.5) is 14.5 Å². The van der Waals surface area contributed by atoms with Crippen molar-refractivity contribution in [3.63, 3.8) is 0 Å². The molecule has 0 radical (unpaired) electrons. The number of benzene rings is 2. The van der Waals surface area contributed by atoms with Gasteiger partial charge in [0.1, 0.15) is 0 Å². The first-order chi connectivity index (χ1) is 9.90. The monoisotopic (exact) mass is 355 g/mol. The zero-order valence-electron chi connectivity index (χ0n) is 10.4. The summed E-state index contributed by atoms with van der Waals surface area (Å²) in [6.07, 6.45) is 0. The number of halogens is 3. The second-order valence-corrected chi connectivity index (χ2v) is 4.91. The minimum atomic E-state index is -1.48. The van der Waals surface area contributed by atoms with E-state index in [1.807, 2.05) is 0 Å². The maximum absolute atomic E-state index is 13.2. The molecule has 7 heteroatoms. The number of nitrogens with one attached hydrogen (secondary N) is 1. The number of aromatic carboxylic acids is 1. The Labute approximate surface area is 126 Å². The number of amides is 1. The molecular weight excluding hydrogens is 348 g/mol. The highest BCUT2D eigenvalue weighted by molar-refractivity contribution is 9.10. The number of carbonyl (C=O) groups is 2. The lowest BCUT2D eigenvalue weighted by molar-refractivity contribution is 0.0697. The van der Waals surface area contributed by atoms with E-state index in [4.69, 9.17) is 5.11 Å². The lowest BCUT2D eigenvalue weighted by atomic mass is 10.1. The SMILES string of the molecule is O=C(Nc1cc(F)c(F)cc1C(=O)O)c1ccccc1Br. The number of carbonyl (C=O) groups excluding carboxylic acids is 1. The molecule has 0 aliphatic rings. The predicted molar refractivity (Wildman–Crippen MR) is 75.4 cm³/mol. The van der Waals surface area contributed by atoms with E-state index in [0.717, 1.165) is 0 Å². The fraction of sp³-hybridized carbons (Fsp3) is 0. The van der Waals surface area contributed by atoms with Crippen molar-refractivity contribution in [3.8, 4) is 0 Å². The summed E-state index contributed by atoms with van der Waals surface area (Å²) in [5.74, 6) is -4.67. The van der Waals surface area contributed by atoms with Crippen LogP contribution < -0.4 is 5.32 Å². The highest BCUT2D eigenvalue weighted by Gasteiger charge is 2.18. The molecule has 0 saturated carbocycles. The van der Waals surface area contributed by atoms with Crippen LogP contribution in [0.2, 0.25) is 0 Å². The van der Waals surface area contributed by atoms with Crippen LogP contribution in [-0.2, 0) is 0 Å². The molecule has 108 valence electrons. The van der Waals surface area contributed by atoms with Crippen molar-refractivity contribution in [1.82, 2.24) is 0 Å². The van der Waals surface area contributed by atoms with Crippen LogP contribution in [0.25, 0.3) is 0 Å². The second kappa shape index (κ2) is 6.01. The Morgan fingerprint density at radius 2 is 1.67 bits per heavy atom. The van der Waals surface area contributed by atoms with Crippen LogP contribution in [0.1, 0.15) is 20.7 Å². The van der Waals surface area contributed by atoms with E-state index in [2.05, 4.69) is 21.2 Å². The van der Waals surface area contributed by atoms with E-state index < -0.39 is 29.1 Å². The smallest absolute Gasteiger partial charge is 0.337 e. The van der Waals surface area contributed by atoms with Crippen LogP contribution >= 0.6 is 15.9 Å². The summed E-state index contributed by atoms with van der Waals surface area (Å²) in [6.45, 7) is 0. The molecule has 1 amide bonds. The first-order valence-corrected chi connectivity index (χ1v) is 6.47. The van der Waals surface area contributed by atoms with E-state index in [1.165, 1.54) is 6.07 Å². The third-order valence-corrected chi connectivity index (χ3v) is 3.35. The minimum Gasteiger partial charge on any atom is -0.478 e. The van der Waals surface area contributed by atoms with E-state index >= 15 is 0 Å². The van der Waals surface area contributed by atoms with Gasteiger partial charge in [-0.25, -0.2) is 13.6 Å². The quantitative estimate of drug-likeness (QED) is 0.882. The van der Waals surface area contributed by atoms with Crippen LogP contribution in [-0.4, -0.2) is 17.0 Å². The van der Waals surface area contributed by atoms with Gasteiger partial charge in [-0.05, 0) is 34.1 Å². The largest absolute Gasteiger partial charge is 0.478 e. The van der Waals surface area contributed by atoms with Gasteiger partial charge in [-0.1, -0.05) is 12.1 Å². The van der Waals surface area contributed by atoms with Crippen molar-refractivity contribution in [1.29, 1.82) is 0 Å². The molecule has 0 atom stereocenters. The molecule has 0 spiro atoms. The standard InChI is InChI=1S/C14H8BrF2NO3/c15-9-4-2-1-3-7(9)13(19)18-12-6-11(17)10(16)5-8(12)14(20)21/h1-6H,(H,18,19)(H,20,21). The molecule has 0 aliphatic carbocycles. The second-order valence-electron chi connectivity index (χ2n) is 4.05. The average molecular weight is 356 g/mol. The Bertz CT molecular complexity index is 734. The van der Waals surface area contributed by atoms with Crippen LogP contribution in [0.15, 0.2) is 40.9 Å². The number of carboxylic acids is 1. The lowest BCUT2D eigenvalue weighted by Crippen LogP contribution is -2.16. The third-order valence-electron chi connectivity index (χ3n) is 2.66. The summed E-state index contributed by atoms with van der Waals surface area (Å²) in [5, 5.41) is 11.2. The van der Waals surface area contributed by atoms with Gasteiger partial charge in [0, 0.05) is 10.5 Å². The topological polar surface area (TPSA) is 66.4 Å². The Balaban J connectivity index is 2.40. The zero-order chi connectivity index (χ0) is 15.6. The van der Waals surface area contributed by atoms with Crippen molar-refractivity contribution >= 4 is 33.5 Å². The van der Waals surface area contributed by atoms with Crippen molar-refractivity contribution in [2.75, 3.05) is 5.32 Å². The molecular formula is C14H8BrF2NO3. The van der Waals surface area contributed by atoms with Crippen molar-refractivity contribution in [2.45, 2.75) is 0 Å². The molecule has 0 heterocycles. The molecule has 2 aromatic rings. The van der Waals surface area contributed by atoms with Gasteiger partial charge in [0.15, 0.2) is 11.6 Å².